The Bertz CT molecular complexity index is 889. The number of hydrogen-bond donors (Lipinski definition) is 1. The van der Waals surface area contributed by atoms with E-state index in [0.717, 1.165) is 51.8 Å². The molecule has 0 spiro atoms. The standard InChI is InChI=1S/C38H68Br2N2O4/c1-4-7-10-13-16-18-20-22-24-27-30-43-37-33(39)35-36(42(46-41-35)45-32-29-26-15-12-9-6-3)34(40)38(37)44-31-28-25-23-21-19-17-14-11-8-5-2/h41H,4-32H2,1-3H3. The molecule has 0 aliphatic carbocycles. The van der Waals surface area contributed by atoms with Gasteiger partial charge in [-0.3, -0.25) is 0 Å². The van der Waals surface area contributed by atoms with Gasteiger partial charge in [0.2, 0.25) is 0 Å². The summed E-state index contributed by atoms with van der Waals surface area (Å²) < 4.78 is 14.5. The number of benzene rings is 1. The van der Waals surface area contributed by atoms with Gasteiger partial charge < -0.3 is 9.47 Å². The highest BCUT2D eigenvalue weighted by Gasteiger charge is 2.33. The van der Waals surface area contributed by atoms with Crippen LogP contribution in [-0.2, 0) is 9.78 Å². The first-order valence-electron chi connectivity index (χ1n) is 19.3. The molecule has 0 bridgehead atoms. The molecule has 1 aromatic rings. The van der Waals surface area contributed by atoms with Gasteiger partial charge in [-0.25, -0.2) is 10.3 Å². The zero-order chi connectivity index (χ0) is 33.1. The fourth-order valence-corrected chi connectivity index (χ4v) is 7.14. The highest BCUT2D eigenvalue weighted by atomic mass is 79.9. The van der Waals surface area contributed by atoms with Gasteiger partial charge in [0.15, 0.2) is 11.5 Å². The van der Waals surface area contributed by atoms with E-state index < -0.39 is 0 Å². The minimum atomic E-state index is 0.600. The summed E-state index contributed by atoms with van der Waals surface area (Å²) in [6.07, 6.45) is 33.3. The minimum absolute atomic E-state index is 0.600. The third-order valence-electron chi connectivity index (χ3n) is 8.88. The fourth-order valence-electron chi connectivity index (χ4n) is 5.94. The maximum atomic E-state index is 6.46. The van der Waals surface area contributed by atoms with E-state index in [-0.39, 0.29) is 0 Å². The first-order chi connectivity index (χ1) is 22.7. The first kappa shape index (κ1) is 41.5. The molecule has 1 aromatic carbocycles. The lowest BCUT2D eigenvalue weighted by molar-refractivity contribution is -0.0604. The van der Waals surface area contributed by atoms with Crippen molar-refractivity contribution < 1.29 is 19.2 Å². The second-order valence-electron chi connectivity index (χ2n) is 13.1. The van der Waals surface area contributed by atoms with Gasteiger partial charge in [-0.05, 0) is 51.1 Å². The largest absolute Gasteiger partial charge is 0.488 e. The minimum Gasteiger partial charge on any atom is -0.488 e. The Morgan fingerprint density at radius 2 is 0.826 bits per heavy atom. The predicted molar refractivity (Wildman–Crippen MR) is 203 cm³/mol. The zero-order valence-electron chi connectivity index (χ0n) is 29.8. The molecule has 1 N–H and O–H groups in total. The topological polar surface area (TPSA) is 52.2 Å². The average Bonchev–Trinajstić information content (AvgIpc) is 3.49. The molecule has 6 nitrogen and oxygen atoms in total. The number of nitrogens with zero attached hydrogens (tertiary/aromatic N) is 1. The van der Waals surface area contributed by atoms with Crippen LogP contribution in [0.2, 0.25) is 0 Å². The van der Waals surface area contributed by atoms with Gasteiger partial charge in [-0.15, -0.1) is 4.94 Å². The van der Waals surface area contributed by atoms with Crippen LogP contribution in [-0.4, -0.2) is 19.8 Å². The van der Waals surface area contributed by atoms with Crippen molar-refractivity contribution in [3.8, 4) is 11.5 Å². The Hall–Kier alpha value is -0.700. The monoisotopic (exact) mass is 774 g/mol. The van der Waals surface area contributed by atoms with E-state index in [0.29, 0.717) is 25.6 Å². The lowest BCUT2D eigenvalue weighted by Crippen LogP contribution is -2.21. The third-order valence-corrected chi connectivity index (χ3v) is 10.4. The molecule has 8 heteroatoms. The van der Waals surface area contributed by atoms with Crippen molar-refractivity contribution in [1.82, 2.24) is 0 Å². The van der Waals surface area contributed by atoms with Crippen molar-refractivity contribution in [3.63, 3.8) is 0 Å². The van der Waals surface area contributed by atoms with Crippen LogP contribution in [0.25, 0.3) is 0 Å². The zero-order valence-corrected chi connectivity index (χ0v) is 33.0. The molecule has 46 heavy (non-hydrogen) atoms. The van der Waals surface area contributed by atoms with E-state index in [1.165, 1.54) is 146 Å². The maximum Gasteiger partial charge on any atom is 0.178 e. The number of nitrogens with one attached hydrogen (secondary N) is 1. The second kappa shape index (κ2) is 28.2. The molecule has 0 radical (unpaired) electrons. The van der Waals surface area contributed by atoms with E-state index in [1.807, 2.05) is 0 Å². The van der Waals surface area contributed by atoms with Crippen LogP contribution in [0.5, 0.6) is 11.5 Å². The van der Waals surface area contributed by atoms with Crippen LogP contribution >= 0.6 is 31.9 Å². The van der Waals surface area contributed by atoms with Gasteiger partial charge in [0.1, 0.15) is 11.4 Å². The molecule has 0 saturated heterocycles. The molecule has 0 atom stereocenters. The van der Waals surface area contributed by atoms with Crippen molar-refractivity contribution in [2.75, 3.05) is 30.5 Å². The fraction of sp³-hybridized carbons (Fsp3) is 0.842. The number of ether oxygens (including phenoxy) is 2. The molecule has 0 fully saturated rings. The number of halogens is 2. The van der Waals surface area contributed by atoms with Crippen molar-refractivity contribution in [3.05, 3.63) is 8.95 Å². The smallest absolute Gasteiger partial charge is 0.178 e. The number of anilines is 2. The molecule has 0 amide bonds. The number of rotatable bonds is 32. The Kier molecular flexibility index (Phi) is 25.4. The van der Waals surface area contributed by atoms with E-state index in [4.69, 9.17) is 19.2 Å². The summed E-state index contributed by atoms with van der Waals surface area (Å²) in [6, 6.07) is 0. The number of unbranched alkanes of at least 4 members (excludes halogenated alkanes) is 23. The lowest BCUT2D eigenvalue weighted by Gasteiger charge is -2.20. The highest BCUT2D eigenvalue weighted by Crippen LogP contribution is 2.55. The number of fused-ring (bicyclic) bond motifs is 1. The van der Waals surface area contributed by atoms with Crippen molar-refractivity contribution in [2.45, 2.75) is 188 Å². The van der Waals surface area contributed by atoms with Crippen LogP contribution in [0.4, 0.5) is 11.4 Å². The van der Waals surface area contributed by atoms with Gasteiger partial charge in [-0.1, -0.05) is 174 Å². The van der Waals surface area contributed by atoms with Crippen molar-refractivity contribution in [2.24, 2.45) is 0 Å². The van der Waals surface area contributed by atoms with Gasteiger partial charge >= 0.3 is 0 Å². The summed E-state index contributed by atoms with van der Waals surface area (Å²) in [5.74, 6) is 1.44. The van der Waals surface area contributed by atoms with Gasteiger partial charge in [0.25, 0.3) is 0 Å². The second-order valence-corrected chi connectivity index (χ2v) is 14.7. The SMILES string of the molecule is CCCCCCCCCCCCOc1c(Br)c2c(c(Br)c1OCCCCCCCCCCCC)N(OCCCCCCCC)ON2. The maximum absolute atomic E-state index is 6.46. The van der Waals surface area contributed by atoms with Crippen LogP contribution < -0.4 is 20.2 Å². The van der Waals surface area contributed by atoms with E-state index in [1.54, 1.807) is 0 Å². The van der Waals surface area contributed by atoms with Gasteiger partial charge in [0, 0.05) is 0 Å². The quantitative estimate of drug-likeness (QED) is 0.0736. The lowest BCUT2D eigenvalue weighted by atomic mass is 10.1. The average molecular weight is 777 g/mol. The molecular weight excluding hydrogens is 708 g/mol. The summed E-state index contributed by atoms with van der Waals surface area (Å²) in [7, 11) is 0. The molecule has 1 aliphatic heterocycles. The van der Waals surface area contributed by atoms with Crippen molar-refractivity contribution in [1.29, 1.82) is 0 Å². The molecule has 1 heterocycles. The van der Waals surface area contributed by atoms with Crippen LogP contribution in [0.1, 0.15) is 188 Å². The van der Waals surface area contributed by atoms with E-state index in [2.05, 4.69) is 58.1 Å². The summed E-state index contributed by atoms with van der Waals surface area (Å²) in [5, 5.41) is 1.48. The summed E-state index contributed by atoms with van der Waals surface area (Å²) >= 11 is 7.66. The molecule has 0 unspecified atom stereocenters. The Labute approximate surface area is 299 Å². The van der Waals surface area contributed by atoms with Crippen LogP contribution in [0.15, 0.2) is 8.95 Å². The van der Waals surface area contributed by atoms with E-state index >= 15 is 0 Å². The highest BCUT2D eigenvalue weighted by molar-refractivity contribution is 9.11. The normalized spacial score (nSPS) is 12.5. The molecule has 1 aliphatic rings. The predicted octanol–water partition coefficient (Wildman–Crippen LogP) is 14.2. The van der Waals surface area contributed by atoms with Gasteiger partial charge in [-0.2, -0.15) is 0 Å². The molecule has 2 rings (SSSR count). The summed E-state index contributed by atoms with van der Waals surface area (Å²) in [4.78, 5) is 11.8. The Morgan fingerprint density at radius 3 is 1.24 bits per heavy atom. The number of hydrogen-bond acceptors (Lipinski definition) is 6. The van der Waals surface area contributed by atoms with Gasteiger partial charge in [0.05, 0.1) is 28.8 Å². The Balaban J connectivity index is 1.89. The Morgan fingerprint density at radius 1 is 0.478 bits per heavy atom. The molecule has 0 saturated carbocycles. The summed E-state index contributed by atoms with van der Waals surface area (Å²) in [6.45, 7) is 8.72. The van der Waals surface area contributed by atoms with Crippen LogP contribution in [0.3, 0.4) is 0 Å². The van der Waals surface area contributed by atoms with Crippen LogP contribution in [0, 0.1) is 0 Å². The first-order valence-corrected chi connectivity index (χ1v) is 20.9. The summed E-state index contributed by atoms with van der Waals surface area (Å²) in [5.41, 5.74) is 4.61. The molecule has 0 aromatic heterocycles. The molecule has 268 valence electrons. The van der Waals surface area contributed by atoms with Crippen molar-refractivity contribution >= 4 is 43.2 Å². The third kappa shape index (κ3) is 17.1. The van der Waals surface area contributed by atoms with E-state index in [9.17, 15) is 0 Å². The molecular formula is C38H68Br2N2O4.